The summed E-state index contributed by atoms with van der Waals surface area (Å²) in [5, 5.41) is 10.2. The van der Waals surface area contributed by atoms with Crippen molar-refractivity contribution in [3.63, 3.8) is 0 Å². The largest absolute Gasteiger partial charge is 0.390 e. The van der Waals surface area contributed by atoms with Crippen molar-refractivity contribution in [3.8, 4) is 0 Å². The van der Waals surface area contributed by atoms with Gasteiger partial charge in [-0.05, 0) is 74.7 Å². The average molecular weight is 435 g/mol. The Hall–Kier alpha value is -1.65. The zero-order chi connectivity index (χ0) is 21.5. The molecule has 5 aliphatic rings. The van der Waals surface area contributed by atoms with Gasteiger partial charge in [-0.2, -0.15) is 0 Å². The molecule has 32 heavy (non-hydrogen) atoms. The van der Waals surface area contributed by atoms with Crippen LogP contribution in [0.1, 0.15) is 99.3 Å². The molecule has 4 nitrogen and oxygen atoms in total. The maximum atomic E-state index is 10.2. The predicted octanol–water partition coefficient (Wildman–Crippen LogP) is 5.96. The van der Waals surface area contributed by atoms with Gasteiger partial charge in [0.05, 0.1) is 30.2 Å². The van der Waals surface area contributed by atoms with Gasteiger partial charge in [0, 0.05) is 12.5 Å². The molecule has 0 saturated heterocycles. The van der Waals surface area contributed by atoms with E-state index >= 15 is 0 Å². The van der Waals surface area contributed by atoms with Crippen molar-refractivity contribution >= 4 is 0 Å². The molecule has 0 atom stereocenters. The summed E-state index contributed by atoms with van der Waals surface area (Å²) < 4.78 is 9.29. The molecular weight excluding hydrogens is 396 g/mol. The molecule has 1 aromatic heterocycles. The van der Waals surface area contributed by atoms with Gasteiger partial charge in [0.15, 0.2) is 0 Å². The normalized spacial score (nSPS) is 32.0. The lowest BCUT2D eigenvalue weighted by Gasteiger charge is -2.56. The zero-order valence-corrected chi connectivity index (χ0v) is 19.3. The van der Waals surface area contributed by atoms with Crippen LogP contribution in [0.4, 0.5) is 0 Å². The molecule has 0 unspecified atom stereocenters. The second kappa shape index (κ2) is 8.61. The molecular formula is C28H38N2O2. The molecule has 4 bridgehead atoms. The minimum absolute atomic E-state index is 0.00107. The minimum Gasteiger partial charge on any atom is -0.390 e. The summed E-state index contributed by atoms with van der Waals surface area (Å²) in [6, 6.07) is 10.7. The van der Waals surface area contributed by atoms with Gasteiger partial charge in [-0.25, -0.2) is 4.98 Å². The fourth-order valence-corrected chi connectivity index (χ4v) is 7.89. The van der Waals surface area contributed by atoms with Crippen LogP contribution in [-0.4, -0.2) is 20.3 Å². The van der Waals surface area contributed by atoms with Crippen LogP contribution in [0.3, 0.4) is 0 Å². The van der Waals surface area contributed by atoms with Crippen LogP contribution in [-0.2, 0) is 24.5 Å². The number of ether oxygens (including phenoxy) is 1. The van der Waals surface area contributed by atoms with Gasteiger partial charge in [0.2, 0.25) is 0 Å². The van der Waals surface area contributed by atoms with Crippen LogP contribution < -0.4 is 0 Å². The molecule has 5 aliphatic carbocycles. The maximum absolute atomic E-state index is 10.2. The number of aliphatic hydroxyl groups excluding tert-OH is 1. The summed E-state index contributed by atoms with van der Waals surface area (Å²) >= 11 is 0. The van der Waals surface area contributed by atoms with E-state index in [9.17, 15) is 5.11 Å². The SMILES string of the molecule is OCc1nc(C2CCCCC2)n(Cc2ccccc2)c1COC12CC3CC(CC(C3)C1)C2. The van der Waals surface area contributed by atoms with Crippen molar-refractivity contribution < 1.29 is 9.84 Å². The van der Waals surface area contributed by atoms with E-state index in [1.54, 1.807) is 0 Å². The van der Waals surface area contributed by atoms with Crippen LogP contribution in [0, 0.1) is 17.8 Å². The second-order valence-electron chi connectivity index (χ2n) is 11.3. The summed E-state index contributed by atoms with van der Waals surface area (Å²) in [4.78, 5) is 5.05. The monoisotopic (exact) mass is 434 g/mol. The molecule has 4 heteroatoms. The maximum Gasteiger partial charge on any atom is 0.112 e. The molecule has 2 aromatic rings. The first-order valence-electron chi connectivity index (χ1n) is 13.1. The quantitative estimate of drug-likeness (QED) is 0.585. The van der Waals surface area contributed by atoms with Gasteiger partial charge < -0.3 is 14.4 Å². The highest BCUT2D eigenvalue weighted by Crippen LogP contribution is 2.57. The van der Waals surface area contributed by atoms with Crippen molar-refractivity contribution in [2.45, 2.75) is 102 Å². The van der Waals surface area contributed by atoms with Crippen molar-refractivity contribution in [2.24, 2.45) is 17.8 Å². The highest BCUT2D eigenvalue weighted by Gasteiger charge is 2.51. The first kappa shape index (κ1) is 20.9. The third kappa shape index (κ3) is 3.94. The summed E-state index contributed by atoms with van der Waals surface area (Å²) in [7, 11) is 0. The Kier molecular flexibility index (Phi) is 5.63. The zero-order valence-electron chi connectivity index (χ0n) is 19.3. The van der Waals surface area contributed by atoms with E-state index in [-0.39, 0.29) is 12.2 Å². The van der Waals surface area contributed by atoms with Crippen molar-refractivity contribution in [1.82, 2.24) is 9.55 Å². The van der Waals surface area contributed by atoms with Gasteiger partial charge >= 0.3 is 0 Å². The van der Waals surface area contributed by atoms with Gasteiger partial charge in [-0.3, -0.25) is 0 Å². The molecule has 1 heterocycles. The van der Waals surface area contributed by atoms with E-state index in [1.165, 1.54) is 82.0 Å². The van der Waals surface area contributed by atoms with Crippen molar-refractivity contribution in [3.05, 3.63) is 53.1 Å². The van der Waals surface area contributed by atoms with E-state index in [0.717, 1.165) is 35.7 Å². The Morgan fingerprint density at radius 2 is 1.59 bits per heavy atom. The van der Waals surface area contributed by atoms with Crippen LogP contribution >= 0.6 is 0 Å². The standard InChI is InChI=1S/C28H38N2O2/c31-18-25-26(19-32-28-14-21-11-22(15-28)13-23(12-21)16-28)30(17-20-7-3-1-4-8-20)27(29-25)24-9-5-2-6-10-24/h1,3-4,7-8,21-24,31H,2,5-6,9-19H2. The predicted molar refractivity (Wildman–Crippen MR) is 125 cm³/mol. The lowest BCUT2D eigenvalue weighted by molar-refractivity contribution is -0.169. The highest BCUT2D eigenvalue weighted by molar-refractivity contribution is 5.23. The number of aromatic nitrogens is 2. The van der Waals surface area contributed by atoms with Gasteiger partial charge in [-0.15, -0.1) is 0 Å². The Morgan fingerprint density at radius 1 is 0.938 bits per heavy atom. The lowest BCUT2D eigenvalue weighted by Crippen LogP contribution is -2.51. The molecule has 7 rings (SSSR count). The first-order chi connectivity index (χ1) is 15.7. The molecule has 1 aromatic carbocycles. The Bertz CT molecular complexity index is 893. The molecule has 0 spiro atoms. The highest BCUT2D eigenvalue weighted by atomic mass is 16.5. The molecule has 5 fully saturated rings. The molecule has 1 N–H and O–H groups in total. The third-order valence-corrected chi connectivity index (χ3v) is 8.99. The van der Waals surface area contributed by atoms with Crippen LogP contribution in [0.2, 0.25) is 0 Å². The minimum atomic E-state index is 0.00107. The fraction of sp³-hybridized carbons (Fsp3) is 0.679. The van der Waals surface area contributed by atoms with Crippen LogP contribution in [0.15, 0.2) is 30.3 Å². The topological polar surface area (TPSA) is 47.3 Å². The molecule has 5 saturated carbocycles. The van der Waals surface area contributed by atoms with Crippen molar-refractivity contribution in [2.75, 3.05) is 0 Å². The van der Waals surface area contributed by atoms with Crippen LogP contribution in [0.5, 0.6) is 0 Å². The number of hydrogen-bond acceptors (Lipinski definition) is 3. The number of aliphatic hydroxyl groups is 1. The van der Waals surface area contributed by atoms with Gasteiger partial charge in [0.1, 0.15) is 5.82 Å². The van der Waals surface area contributed by atoms with E-state index in [2.05, 4.69) is 34.9 Å². The van der Waals surface area contributed by atoms with E-state index in [0.29, 0.717) is 12.5 Å². The Morgan fingerprint density at radius 3 is 2.22 bits per heavy atom. The lowest BCUT2D eigenvalue weighted by atomic mass is 9.54. The third-order valence-electron chi connectivity index (χ3n) is 8.99. The number of imidazole rings is 1. The molecule has 0 aliphatic heterocycles. The summed E-state index contributed by atoms with van der Waals surface area (Å²) in [6.07, 6.45) is 14.4. The van der Waals surface area contributed by atoms with E-state index in [1.807, 2.05) is 0 Å². The molecule has 172 valence electrons. The summed E-state index contributed by atoms with van der Waals surface area (Å²) in [6.45, 7) is 1.41. The Balaban J connectivity index is 1.31. The van der Waals surface area contributed by atoms with E-state index in [4.69, 9.17) is 9.72 Å². The smallest absolute Gasteiger partial charge is 0.112 e. The molecule has 0 amide bonds. The number of benzene rings is 1. The van der Waals surface area contributed by atoms with E-state index < -0.39 is 0 Å². The molecule has 0 radical (unpaired) electrons. The first-order valence-corrected chi connectivity index (χ1v) is 13.1. The summed E-state index contributed by atoms with van der Waals surface area (Å²) in [5.74, 6) is 4.33. The number of hydrogen-bond donors (Lipinski definition) is 1. The van der Waals surface area contributed by atoms with Gasteiger partial charge in [0.25, 0.3) is 0 Å². The average Bonchev–Trinajstić information content (AvgIpc) is 3.15. The fourth-order valence-electron chi connectivity index (χ4n) is 7.89. The second-order valence-corrected chi connectivity index (χ2v) is 11.3. The Labute approximate surface area is 192 Å². The number of rotatable bonds is 7. The summed E-state index contributed by atoms with van der Waals surface area (Å²) in [5.41, 5.74) is 3.33. The number of nitrogens with zero attached hydrogens (tertiary/aromatic N) is 2. The van der Waals surface area contributed by atoms with Crippen LogP contribution in [0.25, 0.3) is 0 Å². The van der Waals surface area contributed by atoms with Gasteiger partial charge in [-0.1, -0.05) is 49.6 Å². The van der Waals surface area contributed by atoms with Crippen molar-refractivity contribution in [1.29, 1.82) is 0 Å².